The van der Waals surface area contributed by atoms with Crippen molar-refractivity contribution >= 4 is 51.3 Å². The minimum absolute atomic E-state index is 0.00374. The van der Waals surface area contributed by atoms with Crippen molar-refractivity contribution in [1.82, 2.24) is 10.2 Å². The number of halogens is 1. The van der Waals surface area contributed by atoms with Crippen LogP contribution in [0.15, 0.2) is 56.7 Å². The molecule has 1 N–H and O–H groups in total. The van der Waals surface area contributed by atoms with Crippen LogP contribution in [0.5, 0.6) is 5.75 Å². The van der Waals surface area contributed by atoms with Crippen LogP contribution in [-0.4, -0.2) is 56.5 Å². The fourth-order valence-corrected chi connectivity index (χ4v) is 6.05. The van der Waals surface area contributed by atoms with Gasteiger partial charge < -0.3 is 15.0 Å². The Labute approximate surface area is 220 Å². The molecule has 0 saturated carbocycles. The molecule has 2 aliphatic heterocycles. The molecule has 0 atom stereocenters. The summed E-state index contributed by atoms with van der Waals surface area (Å²) in [5, 5.41) is 3.02. The molecule has 35 heavy (non-hydrogen) atoms. The van der Waals surface area contributed by atoms with Crippen molar-refractivity contribution in [3.8, 4) is 5.75 Å². The van der Waals surface area contributed by atoms with Gasteiger partial charge in [0.25, 0.3) is 5.91 Å². The Balaban J connectivity index is 1.41. The summed E-state index contributed by atoms with van der Waals surface area (Å²) in [5.74, 6) is 0.428. The number of nitrogens with one attached hydrogen (secondary N) is 1. The number of fused-ring (bicyclic) bond motifs is 1. The number of carbonyl (C=O) groups is 2. The fourth-order valence-electron chi connectivity index (χ4n) is 4.43. The summed E-state index contributed by atoms with van der Waals surface area (Å²) in [4.78, 5) is 31.8. The number of hydrogen-bond donors (Lipinski definition) is 1. The largest absolute Gasteiger partial charge is 0.496 e. The average Bonchev–Trinajstić information content (AvgIpc) is 3.13. The van der Waals surface area contributed by atoms with Gasteiger partial charge in [-0.2, -0.15) is 0 Å². The van der Waals surface area contributed by atoms with E-state index in [0.717, 1.165) is 52.4 Å². The molecule has 0 aliphatic carbocycles. The number of amides is 2. The number of rotatable bonds is 8. The first-order valence-corrected chi connectivity index (χ1v) is 13.8. The van der Waals surface area contributed by atoms with Crippen molar-refractivity contribution < 1.29 is 14.3 Å². The van der Waals surface area contributed by atoms with Crippen LogP contribution in [0.2, 0.25) is 0 Å². The Morgan fingerprint density at radius 1 is 1.14 bits per heavy atom. The SMILES string of the molecule is COc1ccc(/C=C2/Sc3ccccc3N(CC(=O)NCCCN3CCCCCC3)C2=O)cc1Br. The molecule has 0 radical (unpaired) electrons. The number of methoxy groups -OCH3 is 1. The standard InChI is InChI=1S/C27H32BrN3O3S/c1-34-23-12-11-20(17-21(23)28)18-25-27(33)31(22-9-4-5-10-24(22)35-25)19-26(32)29-13-8-16-30-14-6-2-3-7-15-30/h4-5,9-12,17-18H,2-3,6-8,13-16,19H2,1H3,(H,29,32)/b25-18+. The summed E-state index contributed by atoms with van der Waals surface area (Å²) in [6.45, 7) is 3.95. The molecule has 2 aromatic carbocycles. The molecular formula is C27H32BrN3O3S. The highest BCUT2D eigenvalue weighted by atomic mass is 79.9. The van der Waals surface area contributed by atoms with Crippen LogP contribution < -0.4 is 15.0 Å². The molecule has 2 aliphatic rings. The third kappa shape index (κ3) is 6.90. The smallest absolute Gasteiger partial charge is 0.265 e. The highest BCUT2D eigenvalue weighted by Crippen LogP contribution is 2.42. The van der Waals surface area contributed by atoms with Gasteiger partial charge in [0.2, 0.25) is 5.91 Å². The van der Waals surface area contributed by atoms with Gasteiger partial charge in [-0.15, -0.1) is 0 Å². The quantitative estimate of drug-likeness (QED) is 0.351. The number of anilines is 1. The maximum absolute atomic E-state index is 13.4. The van der Waals surface area contributed by atoms with Gasteiger partial charge in [-0.05, 0) is 90.7 Å². The Hall–Kier alpha value is -2.29. The van der Waals surface area contributed by atoms with Crippen molar-refractivity contribution in [3.63, 3.8) is 0 Å². The highest BCUT2D eigenvalue weighted by Gasteiger charge is 2.30. The van der Waals surface area contributed by atoms with Crippen molar-refractivity contribution in [2.24, 2.45) is 0 Å². The van der Waals surface area contributed by atoms with E-state index in [0.29, 0.717) is 11.4 Å². The van der Waals surface area contributed by atoms with Gasteiger partial charge in [0.1, 0.15) is 12.3 Å². The molecule has 1 fully saturated rings. The predicted molar refractivity (Wildman–Crippen MR) is 146 cm³/mol. The molecule has 2 heterocycles. The monoisotopic (exact) mass is 557 g/mol. The Kier molecular flexibility index (Phi) is 9.29. The van der Waals surface area contributed by atoms with E-state index >= 15 is 0 Å². The van der Waals surface area contributed by atoms with E-state index in [1.807, 2.05) is 48.5 Å². The van der Waals surface area contributed by atoms with E-state index in [-0.39, 0.29) is 18.4 Å². The maximum Gasteiger partial charge on any atom is 0.265 e. The van der Waals surface area contributed by atoms with E-state index in [2.05, 4.69) is 26.1 Å². The molecular weight excluding hydrogens is 526 g/mol. The maximum atomic E-state index is 13.4. The van der Waals surface area contributed by atoms with Gasteiger partial charge in [-0.1, -0.05) is 42.8 Å². The van der Waals surface area contributed by atoms with Crippen LogP contribution >= 0.6 is 27.7 Å². The Bertz CT molecular complexity index is 1080. The number of nitrogens with zero attached hydrogens (tertiary/aromatic N) is 2. The number of likely N-dealkylation sites (tertiary alicyclic amines) is 1. The fraction of sp³-hybridized carbons (Fsp3) is 0.407. The lowest BCUT2D eigenvalue weighted by Gasteiger charge is -2.30. The first-order chi connectivity index (χ1) is 17.0. The topological polar surface area (TPSA) is 61.9 Å². The van der Waals surface area contributed by atoms with E-state index in [9.17, 15) is 9.59 Å². The van der Waals surface area contributed by atoms with Gasteiger partial charge in [0, 0.05) is 11.4 Å². The Morgan fingerprint density at radius 2 is 1.91 bits per heavy atom. The van der Waals surface area contributed by atoms with Crippen molar-refractivity contribution in [2.45, 2.75) is 37.0 Å². The second kappa shape index (κ2) is 12.6. The molecule has 1 saturated heterocycles. The lowest BCUT2D eigenvalue weighted by atomic mass is 10.2. The number of carbonyl (C=O) groups excluding carboxylic acids is 2. The summed E-state index contributed by atoms with van der Waals surface area (Å²) < 4.78 is 6.12. The summed E-state index contributed by atoms with van der Waals surface area (Å²) >= 11 is 4.94. The predicted octanol–water partition coefficient (Wildman–Crippen LogP) is 5.32. The molecule has 4 rings (SSSR count). The summed E-state index contributed by atoms with van der Waals surface area (Å²) in [6, 6.07) is 13.4. The minimum Gasteiger partial charge on any atom is -0.496 e. The second-order valence-electron chi connectivity index (χ2n) is 8.82. The minimum atomic E-state index is -0.166. The van der Waals surface area contributed by atoms with Crippen LogP contribution in [0.1, 0.15) is 37.7 Å². The molecule has 2 aromatic rings. The van der Waals surface area contributed by atoms with Crippen molar-refractivity contribution in [3.05, 3.63) is 57.4 Å². The van der Waals surface area contributed by atoms with Crippen LogP contribution in [0.3, 0.4) is 0 Å². The van der Waals surface area contributed by atoms with E-state index in [4.69, 9.17) is 4.74 Å². The number of benzene rings is 2. The second-order valence-corrected chi connectivity index (χ2v) is 10.8. The van der Waals surface area contributed by atoms with E-state index in [1.54, 1.807) is 12.0 Å². The van der Waals surface area contributed by atoms with Crippen molar-refractivity contribution in [1.29, 1.82) is 0 Å². The number of ether oxygens (including phenoxy) is 1. The van der Waals surface area contributed by atoms with Gasteiger partial charge in [0.05, 0.1) is 22.2 Å². The van der Waals surface area contributed by atoms with E-state index in [1.165, 1.54) is 37.4 Å². The van der Waals surface area contributed by atoms with Crippen LogP contribution in [0.4, 0.5) is 5.69 Å². The molecule has 186 valence electrons. The zero-order valence-corrected chi connectivity index (χ0v) is 22.5. The number of hydrogen-bond acceptors (Lipinski definition) is 5. The Morgan fingerprint density at radius 3 is 2.66 bits per heavy atom. The summed E-state index contributed by atoms with van der Waals surface area (Å²) in [7, 11) is 1.62. The average molecular weight is 559 g/mol. The molecule has 0 unspecified atom stereocenters. The summed E-state index contributed by atoms with van der Waals surface area (Å²) in [5.41, 5.74) is 1.65. The number of para-hydroxylation sites is 1. The van der Waals surface area contributed by atoms with Gasteiger partial charge in [0.15, 0.2) is 0 Å². The van der Waals surface area contributed by atoms with Gasteiger partial charge >= 0.3 is 0 Å². The van der Waals surface area contributed by atoms with Gasteiger partial charge in [-0.25, -0.2) is 0 Å². The third-order valence-electron chi connectivity index (χ3n) is 6.28. The first-order valence-electron chi connectivity index (χ1n) is 12.2. The molecule has 0 spiro atoms. The number of thioether (sulfide) groups is 1. The highest BCUT2D eigenvalue weighted by molar-refractivity contribution is 9.10. The lowest BCUT2D eigenvalue weighted by Crippen LogP contribution is -2.43. The summed E-state index contributed by atoms with van der Waals surface area (Å²) in [6.07, 6.45) is 7.96. The lowest BCUT2D eigenvalue weighted by molar-refractivity contribution is -0.122. The molecule has 0 aromatic heterocycles. The zero-order valence-electron chi connectivity index (χ0n) is 20.1. The molecule has 8 heteroatoms. The van der Waals surface area contributed by atoms with Gasteiger partial charge in [-0.3, -0.25) is 14.5 Å². The molecule has 2 amide bonds. The molecule has 6 nitrogen and oxygen atoms in total. The normalized spacial score (nSPS) is 17.7. The third-order valence-corrected chi connectivity index (χ3v) is 7.98. The first kappa shape index (κ1) is 25.8. The van der Waals surface area contributed by atoms with E-state index < -0.39 is 0 Å². The van der Waals surface area contributed by atoms with Crippen LogP contribution in [0.25, 0.3) is 6.08 Å². The van der Waals surface area contributed by atoms with Crippen LogP contribution in [-0.2, 0) is 9.59 Å². The van der Waals surface area contributed by atoms with Crippen molar-refractivity contribution in [2.75, 3.05) is 44.7 Å². The molecule has 0 bridgehead atoms. The zero-order chi connectivity index (χ0) is 24.6. The van der Waals surface area contributed by atoms with Crippen LogP contribution in [0, 0.1) is 0 Å².